The first-order valence-corrected chi connectivity index (χ1v) is 26.3. The fourth-order valence-electron chi connectivity index (χ4n) is 11.1. The quantitative estimate of drug-likeness (QED) is 0.141. The van der Waals surface area contributed by atoms with Crippen LogP contribution in [-0.2, 0) is 0 Å². The molecule has 0 fully saturated rings. The first-order valence-electron chi connectivity index (χ1n) is 26.3. The lowest BCUT2D eigenvalue weighted by molar-refractivity contribution is 0.668. The first kappa shape index (κ1) is 45.7. The highest BCUT2D eigenvalue weighted by atomic mass is 16.3. The van der Waals surface area contributed by atoms with Crippen molar-refractivity contribution in [2.45, 2.75) is 6.92 Å². The Bertz CT molecular complexity index is 4870. The highest BCUT2D eigenvalue weighted by Gasteiger charge is 2.21. The smallest absolute Gasteiger partial charge is 0.161 e. The monoisotopic (exact) mass is 1010 g/mol. The average molecular weight is 1010 g/mol. The van der Waals surface area contributed by atoms with Crippen LogP contribution in [0, 0.1) is 6.92 Å². The van der Waals surface area contributed by atoms with Crippen molar-refractivity contribution in [2.24, 2.45) is 0 Å². The van der Waals surface area contributed by atoms with Crippen LogP contribution in [0.1, 0.15) is 5.56 Å². The van der Waals surface area contributed by atoms with Crippen LogP contribution in [-0.4, -0.2) is 29.9 Å². The molecule has 8 heteroatoms. The molecule has 6 aromatic heterocycles. The van der Waals surface area contributed by atoms with Crippen LogP contribution >= 0.6 is 0 Å². The molecule has 15 aromatic rings. The molecule has 6 heterocycles. The number of nitrogens with zero attached hydrogens (tertiary/aromatic N) is 6. The van der Waals surface area contributed by atoms with Crippen molar-refractivity contribution in [3.05, 3.63) is 255 Å². The van der Waals surface area contributed by atoms with Gasteiger partial charge in [-0.1, -0.05) is 140 Å². The van der Waals surface area contributed by atoms with Crippen molar-refractivity contribution in [1.82, 2.24) is 29.9 Å². The zero-order chi connectivity index (χ0) is 52.4. The minimum atomic E-state index is 0.588. The second kappa shape index (κ2) is 18.8. The molecule has 0 saturated carbocycles. The summed E-state index contributed by atoms with van der Waals surface area (Å²) in [4.78, 5) is 30.9. The van der Waals surface area contributed by atoms with E-state index in [-0.39, 0.29) is 0 Å². The van der Waals surface area contributed by atoms with Crippen molar-refractivity contribution < 1.29 is 8.83 Å². The molecule has 9 aromatic carbocycles. The molecule has 0 aliphatic heterocycles. The number of aromatic nitrogens is 6. The van der Waals surface area contributed by atoms with Crippen LogP contribution in [0.2, 0.25) is 0 Å². The molecule has 0 N–H and O–H groups in total. The minimum absolute atomic E-state index is 0.588. The number of aryl methyl sites for hydroxylation is 1. The highest BCUT2D eigenvalue weighted by Crippen LogP contribution is 2.42. The Morgan fingerprint density at radius 1 is 0.278 bits per heavy atom. The van der Waals surface area contributed by atoms with Crippen molar-refractivity contribution in [2.75, 3.05) is 0 Å². The van der Waals surface area contributed by atoms with Gasteiger partial charge in [0.2, 0.25) is 0 Å². The van der Waals surface area contributed by atoms with Crippen LogP contribution < -0.4 is 0 Å². The summed E-state index contributed by atoms with van der Waals surface area (Å²) >= 11 is 0. The van der Waals surface area contributed by atoms with Gasteiger partial charge in [0.15, 0.2) is 11.6 Å². The van der Waals surface area contributed by atoms with E-state index in [1.807, 2.05) is 85.2 Å². The number of benzene rings is 9. The predicted octanol–water partition coefficient (Wildman–Crippen LogP) is 18.3. The molecule has 370 valence electrons. The molecule has 0 amide bonds. The molecule has 15 rings (SSSR count). The normalized spacial score (nSPS) is 11.6. The summed E-state index contributed by atoms with van der Waals surface area (Å²) in [5.74, 6) is 1.20. The lowest BCUT2D eigenvalue weighted by Crippen LogP contribution is -1.99. The van der Waals surface area contributed by atoms with Crippen LogP contribution in [0.4, 0.5) is 0 Å². The van der Waals surface area contributed by atoms with E-state index in [0.29, 0.717) is 11.6 Å². The largest absolute Gasteiger partial charge is 0.456 e. The number of fused-ring (bicyclic) bond motifs is 7. The zero-order valence-electron chi connectivity index (χ0n) is 42.7. The SMILES string of the molecule is Cc1ccc(-c2ccc(-c3cccnc3)c(-c3nc(-c4ccc5oc6ccccc6c5c4)cc(-c4cccc5ccccc45)n3)c2)cc1-c1cc(-c2ccc3oc4ccccc4c3c2)nc(-c2ccccc2-c2cccnc2)n1. The van der Waals surface area contributed by atoms with Crippen molar-refractivity contribution in [3.63, 3.8) is 0 Å². The van der Waals surface area contributed by atoms with E-state index in [1.165, 1.54) is 0 Å². The van der Waals surface area contributed by atoms with Crippen LogP contribution in [0.5, 0.6) is 0 Å². The lowest BCUT2D eigenvalue weighted by atomic mass is 9.92. The van der Waals surface area contributed by atoms with E-state index in [2.05, 4.69) is 169 Å². The van der Waals surface area contributed by atoms with Crippen molar-refractivity contribution in [3.8, 4) is 101 Å². The summed E-state index contributed by atoms with van der Waals surface area (Å²) in [6.45, 7) is 2.14. The molecule has 0 radical (unpaired) electrons. The topological polar surface area (TPSA) is 104 Å². The molecular weight excluding hydrogens is 969 g/mol. The third kappa shape index (κ3) is 8.18. The third-order valence-electron chi connectivity index (χ3n) is 15.1. The van der Waals surface area contributed by atoms with Crippen LogP contribution in [0.15, 0.2) is 258 Å². The highest BCUT2D eigenvalue weighted by molar-refractivity contribution is 6.07. The molecule has 0 atom stereocenters. The second-order valence-corrected chi connectivity index (χ2v) is 19.9. The van der Waals surface area contributed by atoms with Gasteiger partial charge in [-0.05, 0) is 130 Å². The maximum Gasteiger partial charge on any atom is 0.161 e. The van der Waals surface area contributed by atoms with Gasteiger partial charge >= 0.3 is 0 Å². The zero-order valence-corrected chi connectivity index (χ0v) is 42.7. The van der Waals surface area contributed by atoms with E-state index >= 15 is 0 Å². The molecule has 0 saturated heterocycles. The Balaban J connectivity index is 0.918. The molecule has 8 nitrogen and oxygen atoms in total. The predicted molar refractivity (Wildman–Crippen MR) is 319 cm³/mol. The van der Waals surface area contributed by atoms with E-state index < -0.39 is 0 Å². The fraction of sp³-hybridized carbons (Fsp3) is 0.0141. The minimum Gasteiger partial charge on any atom is -0.456 e. The number of furan rings is 2. The van der Waals surface area contributed by atoms with Crippen molar-refractivity contribution in [1.29, 1.82) is 0 Å². The molecular formula is C71H44N6O2. The van der Waals surface area contributed by atoms with Gasteiger partial charge in [-0.2, -0.15) is 0 Å². The van der Waals surface area contributed by atoms with E-state index in [0.717, 1.165) is 150 Å². The lowest BCUT2D eigenvalue weighted by Gasteiger charge is -2.16. The molecule has 0 aliphatic carbocycles. The summed E-state index contributed by atoms with van der Waals surface area (Å²) < 4.78 is 12.6. The van der Waals surface area contributed by atoms with Crippen LogP contribution in [0.3, 0.4) is 0 Å². The Labute approximate surface area is 454 Å². The van der Waals surface area contributed by atoms with Gasteiger partial charge in [0, 0.05) is 90.8 Å². The second-order valence-electron chi connectivity index (χ2n) is 19.9. The maximum atomic E-state index is 6.29. The number of para-hydroxylation sites is 2. The third-order valence-corrected chi connectivity index (χ3v) is 15.1. The van der Waals surface area contributed by atoms with E-state index in [9.17, 15) is 0 Å². The number of pyridine rings is 2. The summed E-state index contributed by atoms with van der Waals surface area (Å²) in [6.07, 6.45) is 7.38. The molecule has 0 bridgehead atoms. The maximum absolute atomic E-state index is 6.29. The van der Waals surface area contributed by atoms with Gasteiger partial charge in [-0.3, -0.25) is 9.97 Å². The molecule has 0 spiro atoms. The van der Waals surface area contributed by atoms with Crippen LogP contribution in [0.25, 0.3) is 156 Å². The van der Waals surface area contributed by atoms with Gasteiger partial charge in [0.05, 0.1) is 22.8 Å². The van der Waals surface area contributed by atoms with E-state index in [1.54, 1.807) is 12.4 Å². The number of hydrogen-bond donors (Lipinski definition) is 0. The van der Waals surface area contributed by atoms with Gasteiger partial charge in [0.1, 0.15) is 22.3 Å². The average Bonchev–Trinajstić information content (AvgIpc) is 4.18. The summed E-state index contributed by atoms with van der Waals surface area (Å²) in [5.41, 5.74) is 19.2. The fourth-order valence-corrected chi connectivity index (χ4v) is 11.1. The molecule has 0 unspecified atom stereocenters. The number of hydrogen-bond acceptors (Lipinski definition) is 8. The Kier molecular flexibility index (Phi) is 10.9. The molecule has 79 heavy (non-hydrogen) atoms. The van der Waals surface area contributed by atoms with E-state index in [4.69, 9.17) is 28.8 Å². The Morgan fingerprint density at radius 2 is 0.747 bits per heavy atom. The summed E-state index contributed by atoms with van der Waals surface area (Å²) in [5, 5.41) is 6.41. The van der Waals surface area contributed by atoms with Gasteiger partial charge < -0.3 is 8.83 Å². The summed E-state index contributed by atoms with van der Waals surface area (Å²) in [7, 11) is 0. The summed E-state index contributed by atoms with van der Waals surface area (Å²) in [6, 6.07) is 77.6. The standard InChI is InChI=1S/C71H44N6O2/c1-43-25-26-45(35-58(43)65-40-63(48-29-32-69-60(38-48)56-20-7-9-24-67(56)79-69)74-70(77-65)57-21-5-4-18-52(57)49-15-11-33-72-41-49)46-27-30-53(50-16-12-34-73-42-50)61(36-46)71-75-62(39-64(76-71)54-22-10-14-44-13-2-3-17-51(44)54)47-28-31-68-59(37-47)55-19-6-8-23-66(55)78-68/h2-42H,1H3. The Hall–Kier alpha value is -10.7. The number of rotatable bonds is 9. The molecule has 0 aliphatic rings. The van der Waals surface area contributed by atoms with Gasteiger partial charge in [-0.15, -0.1) is 0 Å². The first-order chi connectivity index (χ1) is 39.0. The van der Waals surface area contributed by atoms with Gasteiger partial charge in [-0.25, -0.2) is 19.9 Å². The van der Waals surface area contributed by atoms with Gasteiger partial charge in [0.25, 0.3) is 0 Å². The van der Waals surface area contributed by atoms with Crippen molar-refractivity contribution >= 4 is 54.6 Å². The Morgan fingerprint density at radius 3 is 1.38 bits per heavy atom.